The number of benzene rings is 1. The summed E-state index contributed by atoms with van der Waals surface area (Å²) in [5.41, 5.74) is 0.428. The third-order valence-electron chi connectivity index (χ3n) is 1.93. The Kier molecular flexibility index (Phi) is 4.68. The van der Waals surface area contributed by atoms with Gasteiger partial charge in [0.2, 0.25) is 5.90 Å². The van der Waals surface area contributed by atoms with Gasteiger partial charge in [-0.2, -0.15) is 8.78 Å². The number of alkyl halides is 2. The normalized spacial score (nSPS) is 10.2. The van der Waals surface area contributed by atoms with Crippen LogP contribution in [0.5, 0.6) is 11.5 Å². The first-order valence-electron chi connectivity index (χ1n) is 4.93. The van der Waals surface area contributed by atoms with E-state index in [4.69, 9.17) is 14.9 Å². The predicted molar refractivity (Wildman–Crippen MR) is 58.1 cm³/mol. The summed E-state index contributed by atoms with van der Waals surface area (Å²) in [6.07, 6.45) is 0. The fourth-order valence-electron chi connectivity index (χ4n) is 1.23. The zero-order valence-corrected chi connectivity index (χ0v) is 9.50. The average molecular weight is 245 g/mol. The lowest BCUT2D eigenvalue weighted by molar-refractivity contribution is -0.0514. The van der Waals surface area contributed by atoms with Crippen molar-refractivity contribution in [2.45, 2.75) is 13.5 Å². The van der Waals surface area contributed by atoms with Crippen LogP contribution in [0.25, 0.3) is 0 Å². The third kappa shape index (κ3) is 3.58. The molecular formula is C11H13F2NO3. The van der Waals surface area contributed by atoms with Crippen LogP contribution in [0.15, 0.2) is 18.2 Å². The van der Waals surface area contributed by atoms with Crippen LogP contribution in [0.1, 0.15) is 12.5 Å². The van der Waals surface area contributed by atoms with E-state index in [1.165, 1.54) is 25.3 Å². The molecule has 0 aliphatic carbocycles. The van der Waals surface area contributed by atoms with Gasteiger partial charge in [0, 0.05) is 5.56 Å². The Morgan fingerprint density at radius 1 is 1.35 bits per heavy atom. The highest BCUT2D eigenvalue weighted by Crippen LogP contribution is 2.30. The van der Waals surface area contributed by atoms with Crippen LogP contribution < -0.4 is 9.47 Å². The summed E-state index contributed by atoms with van der Waals surface area (Å²) in [6.45, 7) is -0.883. The fourth-order valence-corrected chi connectivity index (χ4v) is 1.23. The zero-order chi connectivity index (χ0) is 12.8. The fraction of sp³-hybridized carbons (Fsp3) is 0.364. The highest BCUT2D eigenvalue weighted by atomic mass is 19.3. The van der Waals surface area contributed by atoms with Gasteiger partial charge in [-0.15, -0.1) is 0 Å². The van der Waals surface area contributed by atoms with Gasteiger partial charge < -0.3 is 14.2 Å². The molecule has 6 heteroatoms. The first kappa shape index (κ1) is 13.2. The first-order valence-corrected chi connectivity index (χ1v) is 4.93. The molecule has 0 fully saturated rings. The lowest BCUT2D eigenvalue weighted by atomic mass is 10.2. The SMILES string of the molecule is CCOc1cc(C(=N)OC)ccc1OC(F)F. The summed E-state index contributed by atoms with van der Waals surface area (Å²) in [6, 6.07) is 4.19. The molecule has 1 aromatic carbocycles. The molecule has 17 heavy (non-hydrogen) atoms. The molecule has 1 N–H and O–H groups in total. The van der Waals surface area contributed by atoms with Gasteiger partial charge in [-0.1, -0.05) is 0 Å². The van der Waals surface area contributed by atoms with Gasteiger partial charge in [-0.05, 0) is 25.1 Å². The van der Waals surface area contributed by atoms with Crippen LogP contribution >= 0.6 is 0 Å². The van der Waals surface area contributed by atoms with Crippen LogP contribution in [-0.2, 0) is 4.74 Å². The van der Waals surface area contributed by atoms with Crippen molar-refractivity contribution in [2.75, 3.05) is 13.7 Å². The number of ether oxygens (including phenoxy) is 3. The first-order chi connectivity index (χ1) is 8.08. The topological polar surface area (TPSA) is 51.5 Å². The molecule has 1 rings (SSSR count). The molecule has 0 saturated carbocycles. The van der Waals surface area contributed by atoms with Crippen molar-refractivity contribution in [2.24, 2.45) is 0 Å². The van der Waals surface area contributed by atoms with Crippen molar-refractivity contribution >= 4 is 5.90 Å². The van der Waals surface area contributed by atoms with Gasteiger partial charge in [0.05, 0.1) is 13.7 Å². The number of hydrogen-bond acceptors (Lipinski definition) is 4. The molecule has 0 aliphatic heterocycles. The Morgan fingerprint density at radius 2 is 2.06 bits per heavy atom. The van der Waals surface area contributed by atoms with Gasteiger partial charge in [-0.3, -0.25) is 5.41 Å². The molecule has 0 amide bonds. The molecule has 1 aromatic rings. The van der Waals surface area contributed by atoms with Crippen molar-refractivity contribution in [1.82, 2.24) is 0 Å². The van der Waals surface area contributed by atoms with E-state index in [0.29, 0.717) is 12.2 Å². The van der Waals surface area contributed by atoms with Gasteiger partial charge in [0.15, 0.2) is 11.5 Å². The molecule has 0 atom stereocenters. The van der Waals surface area contributed by atoms with Crippen LogP contribution in [0.2, 0.25) is 0 Å². The quantitative estimate of drug-likeness (QED) is 0.641. The number of hydrogen-bond donors (Lipinski definition) is 1. The molecule has 0 radical (unpaired) electrons. The second kappa shape index (κ2) is 6.03. The highest BCUT2D eigenvalue weighted by molar-refractivity contribution is 5.92. The average Bonchev–Trinajstić information content (AvgIpc) is 2.30. The van der Waals surface area contributed by atoms with E-state index in [9.17, 15) is 8.78 Å². The highest BCUT2D eigenvalue weighted by Gasteiger charge is 2.13. The lowest BCUT2D eigenvalue weighted by Gasteiger charge is -2.12. The molecule has 0 bridgehead atoms. The van der Waals surface area contributed by atoms with Gasteiger partial charge >= 0.3 is 6.61 Å². The maximum absolute atomic E-state index is 12.1. The van der Waals surface area contributed by atoms with Gasteiger partial charge in [0.1, 0.15) is 0 Å². The molecule has 0 aliphatic rings. The number of nitrogens with one attached hydrogen (secondary N) is 1. The van der Waals surface area contributed by atoms with Gasteiger partial charge in [-0.25, -0.2) is 0 Å². The number of methoxy groups -OCH3 is 1. The Bertz CT molecular complexity index is 396. The van der Waals surface area contributed by atoms with E-state index in [2.05, 4.69) is 4.74 Å². The minimum atomic E-state index is -2.91. The smallest absolute Gasteiger partial charge is 0.387 e. The van der Waals surface area contributed by atoms with E-state index in [1.807, 2.05) is 0 Å². The maximum atomic E-state index is 12.1. The lowest BCUT2D eigenvalue weighted by Crippen LogP contribution is -2.07. The van der Waals surface area contributed by atoms with Crippen LogP contribution in [-0.4, -0.2) is 26.2 Å². The van der Waals surface area contributed by atoms with E-state index < -0.39 is 6.61 Å². The van der Waals surface area contributed by atoms with Crippen molar-refractivity contribution in [1.29, 1.82) is 5.41 Å². The zero-order valence-electron chi connectivity index (χ0n) is 9.50. The summed E-state index contributed by atoms with van der Waals surface area (Å²) in [7, 11) is 1.35. The Hall–Kier alpha value is -1.85. The number of rotatable bonds is 5. The molecule has 0 unspecified atom stereocenters. The van der Waals surface area contributed by atoms with Crippen molar-refractivity contribution in [3.05, 3.63) is 23.8 Å². The summed E-state index contributed by atoms with van der Waals surface area (Å²) >= 11 is 0. The van der Waals surface area contributed by atoms with Gasteiger partial charge in [0.25, 0.3) is 0 Å². The molecule has 0 saturated heterocycles. The van der Waals surface area contributed by atoms with E-state index in [-0.39, 0.29) is 17.4 Å². The molecule has 4 nitrogen and oxygen atoms in total. The van der Waals surface area contributed by atoms with Crippen LogP contribution in [0.4, 0.5) is 8.78 Å². The Labute approximate surface area is 97.6 Å². The predicted octanol–water partition coefficient (Wildman–Crippen LogP) is 2.66. The third-order valence-corrected chi connectivity index (χ3v) is 1.93. The molecule has 0 spiro atoms. The minimum Gasteiger partial charge on any atom is -0.490 e. The Morgan fingerprint density at radius 3 is 2.59 bits per heavy atom. The summed E-state index contributed by atoms with van der Waals surface area (Å²) < 4.78 is 38.4. The minimum absolute atomic E-state index is 0.0606. The van der Waals surface area contributed by atoms with Crippen molar-refractivity contribution in [3.63, 3.8) is 0 Å². The Balaban J connectivity index is 3.03. The molecular weight excluding hydrogens is 232 g/mol. The molecule has 0 heterocycles. The second-order valence-electron chi connectivity index (χ2n) is 3.01. The van der Waals surface area contributed by atoms with Crippen LogP contribution in [0, 0.1) is 5.41 Å². The van der Waals surface area contributed by atoms with E-state index in [1.54, 1.807) is 6.92 Å². The molecule has 94 valence electrons. The summed E-state index contributed by atoms with van der Waals surface area (Å²) in [5.74, 6) is 0.0242. The monoisotopic (exact) mass is 245 g/mol. The van der Waals surface area contributed by atoms with E-state index in [0.717, 1.165) is 0 Å². The standard InChI is InChI=1S/C11H13F2NO3/c1-3-16-9-6-7(10(14)15-2)4-5-8(9)17-11(12)13/h4-6,11,14H,3H2,1-2H3. The number of halogens is 2. The summed E-state index contributed by atoms with van der Waals surface area (Å²) in [5, 5.41) is 7.45. The van der Waals surface area contributed by atoms with Crippen molar-refractivity contribution < 1.29 is 23.0 Å². The van der Waals surface area contributed by atoms with E-state index >= 15 is 0 Å². The molecule has 0 aromatic heterocycles. The second-order valence-corrected chi connectivity index (χ2v) is 3.01. The maximum Gasteiger partial charge on any atom is 0.387 e. The van der Waals surface area contributed by atoms with Crippen molar-refractivity contribution in [3.8, 4) is 11.5 Å². The largest absolute Gasteiger partial charge is 0.490 e. The van der Waals surface area contributed by atoms with Crippen LogP contribution in [0.3, 0.4) is 0 Å². The summed E-state index contributed by atoms with van der Waals surface area (Å²) in [4.78, 5) is 0.